The summed E-state index contributed by atoms with van der Waals surface area (Å²) in [6.45, 7) is 0. The van der Waals surface area contributed by atoms with Gasteiger partial charge in [-0.05, 0) is 12.1 Å². The first-order valence-corrected chi connectivity index (χ1v) is 4.37. The van der Waals surface area contributed by atoms with E-state index >= 15 is 0 Å². The van der Waals surface area contributed by atoms with Gasteiger partial charge in [0.2, 0.25) is 0 Å². The fourth-order valence-electron chi connectivity index (χ4n) is 0.755. The minimum absolute atomic E-state index is 0.0579. The third-order valence-electron chi connectivity index (χ3n) is 1.30. The monoisotopic (exact) mass is 185 g/mol. The molecule has 0 aromatic carbocycles. The second-order valence-corrected chi connectivity index (χ2v) is 3.90. The summed E-state index contributed by atoms with van der Waals surface area (Å²) < 4.78 is 0.757. The van der Waals surface area contributed by atoms with Gasteiger partial charge < -0.3 is 5.73 Å². The number of terminal acetylenes is 1. The second kappa shape index (κ2) is 3.77. The molecule has 1 atom stereocenters. The van der Waals surface area contributed by atoms with Crippen LogP contribution in [0.3, 0.4) is 0 Å². The van der Waals surface area contributed by atoms with E-state index in [1.807, 2.05) is 12.1 Å². The van der Waals surface area contributed by atoms with Crippen LogP contribution in [0.2, 0.25) is 4.34 Å². The van der Waals surface area contributed by atoms with Crippen molar-refractivity contribution in [3.63, 3.8) is 0 Å². The molecule has 1 unspecified atom stereocenters. The van der Waals surface area contributed by atoms with Crippen LogP contribution in [-0.2, 0) is 0 Å². The van der Waals surface area contributed by atoms with Crippen molar-refractivity contribution in [3.8, 4) is 12.3 Å². The maximum atomic E-state index is 5.73. The highest BCUT2D eigenvalue weighted by Gasteiger charge is 2.06. The lowest BCUT2D eigenvalue weighted by Crippen LogP contribution is -2.06. The van der Waals surface area contributed by atoms with Gasteiger partial charge in [0.15, 0.2) is 0 Å². The molecule has 0 saturated heterocycles. The smallest absolute Gasteiger partial charge is 0.0931 e. The van der Waals surface area contributed by atoms with Crippen LogP contribution in [0, 0.1) is 12.3 Å². The number of hydrogen-bond donors (Lipinski definition) is 1. The predicted octanol–water partition coefficient (Wildman–Crippen LogP) is 2.42. The Morgan fingerprint density at radius 1 is 1.73 bits per heavy atom. The summed E-state index contributed by atoms with van der Waals surface area (Å²) in [6.07, 6.45) is 5.68. The predicted molar refractivity (Wildman–Crippen MR) is 49.7 cm³/mol. The summed E-state index contributed by atoms with van der Waals surface area (Å²) in [5.41, 5.74) is 5.73. The average molecular weight is 186 g/mol. The molecule has 58 valence electrons. The van der Waals surface area contributed by atoms with E-state index in [1.165, 1.54) is 11.3 Å². The lowest BCUT2D eigenvalue weighted by molar-refractivity contribution is 0.771. The van der Waals surface area contributed by atoms with Gasteiger partial charge in [-0.15, -0.1) is 23.7 Å². The molecule has 0 bridgehead atoms. The van der Waals surface area contributed by atoms with Crippen LogP contribution in [0.4, 0.5) is 0 Å². The SMILES string of the molecule is C#CCC(N)c1ccc(Cl)s1. The van der Waals surface area contributed by atoms with Gasteiger partial charge >= 0.3 is 0 Å². The van der Waals surface area contributed by atoms with Crippen molar-refractivity contribution in [1.29, 1.82) is 0 Å². The quantitative estimate of drug-likeness (QED) is 0.704. The molecule has 1 heterocycles. The summed E-state index contributed by atoms with van der Waals surface area (Å²) in [5.74, 6) is 2.51. The van der Waals surface area contributed by atoms with Crippen molar-refractivity contribution >= 4 is 22.9 Å². The fourth-order valence-corrected chi connectivity index (χ4v) is 1.82. The van der Waals surface area contributed by atoms with Crippen LogP contribution in [0.15, 0.2) is 12.1 Å². The zero-order chi connectivity index (χ0) is 8.27. The molecule has 0 amide bonds. The minimum Gasteiger partial charge on any atom is -0.322 e. The molecule has 11 heavy (non-hydrogen) atoms. The molecular weight excluding hydrogens is 178 g/mol. The van der Waals surface area contributed by atoms with Crippen molar-refractivity contribution in [2.75, 3.05) is 0 Å². The highest BCUT2D eigenvalue weighted by atomic mass is 35.5. The molecular formula is C8H8ClNS. The number of thiophene rings is 1. The maximum Gasteiger partial charge on any atom is 0.0931 e. The molecule has 0 aliphatic rings. The van der Waals surface area contributed by atoms with E-state index in [1.54, 1.807) is 0 Å². The van der Waals surface area contributed by atoms with Gasteiger partial charge in [0.1, 0.15) is 0 Å². The van der Waals surface area contributed by atoms with Gasteiger partial charge in [-0.25, -0.2) is 0 Å². The molecule has 0 spiro atoms. The molecule has 0 fully saturated rings. The average Bonchev–Trinajstić information content (AvgIpc) is 2.36. The highest BCUT2D eigenvalue weighted by molar-refractivity contribution is 7.16. The van der Waals surface area contributed by atoms with Gasteiger partial charge in [0.05, 0.1) is 10.4 Å². The van der Waals surface area contributed by atoms with Crippen molar-refractivity contribution in [2.45, 2.75) is 12.5 Å². The first-order valence-electron chi connectivity index (χ1n) is 3.18. The van der Waals surface area contributed by atoms with Crippen molar-refractivity contribution in [2.24, 2.45) is 5.73 Å². The number of rotatable bonds is 2. The Labute approximate surface area is 75.2 Å². The van der Waals surface area contributed by atoms with Crippen LogP contribution in [0.25, 0.3) is 0 Å². The van der Waals surface area contributed by atoms with Gasteiger partial charge in [-0.2, -0.15) is 0 Å². The van der Waals surface area contributed by atoms with Crippen LogP contribution in [0.1, 0.15) is 17.3 Å². The molecule has 0 radical (unpaired) electrons. The molecule has 1 rings (SSSR count). The second-order valence-electron chi connectivity index (χ2n) is 2.16. The van der Waals surface area contributed by atoms with E-state index in [0.717, 1.165) is 9.21 Å². The number of nitrogens with two attached hydrogens (primary N) is 1. The summed E-state index contributed by atoms with van der Waals surface area (Å²) in [4.78, 5) is 1.05. The first kappa shape index (κ1) is 8.61. The van der Waals surface area contributed by atoms with Crippen LogP contribution in [0.5, 0.6) is 0 Å². The van der Waals surface area contributed by atoms with E-state index in [9.17, 15) is 0 Å². The molecule has 0 aliphatic carbocycles. The summed E-state index contributed by atoms with van der Waals surface area (Å²) in [6, 6.07) is 3.69. The van der Waals surface area contributed by atoms with E-state index in [-0.39, 0.29) is 6.04 Å². The van der Waals surface area contributed by atoms with Gasteiger partial charge in [0, 0.05) is 11.3 Å². The molecule has 1 nitrogen and oxygen atoms in total. The normalized spacial score (nSPS) is 12.5. The molecule has 2 N–H and O–H groups in total. The lowest BCUT2D eigenvalue weighted by atomic mass is 10.2. The van der Waals surface area contributed by atoms with Gasteiger partial charge in [0.25, 0.3) is 0 Å². The summed E-state index contributed by atoms with van der Waals surface area (Å²) >= 11 is 7.20. The molecule has 1 aromatic heterocycles. The van der Waals surface area contributed by atoms with Crippen LogP contribution in [-0.4, -0.2) is 0 Å². The third-order valence-corrected chi connectivity index (χ3v) is 2.66. The van der Waals surface area contributed by atoms with Crippen LogP contribution < -0.4 is 5.73 Å². The molecule has 1 aromatic rings. The van der Waals surface area contributed by atoms with Crippen molar-refractivity contribution in [3.05, 3.63) is 21.3 Å². The maximum absolute atomic E-state index is 5.73. The molecule has 0 aliphatic heterocycles. The Morgan fingerprint density at radius 2 is 2.45 bits per heavy atom. The summed E-state index contributed by atoms with van der Waals surface area (Å²) in [7, 11) is 0. The van der Waals surface area contributed by atoms with Crippen molar-refractivity contribution < 1.29 is 0 Å². The number of halogens is 1. The molecule has 0 saturated carbocycles. The Hall–Kier alpha value is -0.490. The van der Waals surface area contributed by atoms with Gasteiger partial charge in [-0.3, -0.25) is 0 Å². The molecule has 3 heteroatoms. The van der Waals surface area contributed by atoms with E-state index < -0.39 is 0 Å². The van der Waals surface area contributed by atoms with E-state index in [4.69, 9.17) is 23.8 Å². The number of hydrogen-bond acceptors (Lipinski definition) is 2. The zero-order valence-corrected chi connectivity index (χ0v) is 7.45. The Kier molecular flexibility index (Phi) is 2.95. The topological polar surface area (TPSA) is 26.0 Å². The summed E-state index contributed by atoms with van der Waals surface area (Å²) in [5, 5.41) is 0. The standard InChI is InChI=1S/C8H8ClNS/c1-2-3-6(10)7-4-5-8(9)11-7/h1,4-6H,3,10H2. The third kappa shape index (κ3) is 2.23. The highest BCUT2D eigenvalue weighted by Crippen LogP contribution is 2.26. The van der Waals surface area contributed by atoms with E-state index in [2.05, 4.69) is 5.92 Å². The minimum atomic E-state index is -0.0579. The lowest BCUT2D eigenvalue weighted by Gasteiger charge is -2.02. The zero-order valence-electron chi connectivity index (χ0n) is 5.88. The fraction of sp³-hybridized carbons (Fsp3) is 0.250. The van der Waals surface area contributed by atoms with Crippen molar-refractivity contribution in [1.82, 2.24) is 0 Å². The van der Waals surface area contributed by atoms with Gasteiger partial charge in [-0.1, -0.05) is 11.6 Å². The van der Waals surface area contributed by atoms with Crippen LogP contribution >= 0.6 is 22.9 Å². The Balaban J connectivity index is 2.70. The first-order chi connectivity index (χ1) is 5.24. The van der Waals surface area contributed by atoms with E-state index in [0.29, 0.717) is 6.42 Å². The largest absolute Gasteiger partial charge is 0.322 e. The Morgan fingerprint density at radius 3 is 2.91 bits per heavy atom. The Bertz CT molecular complexity index is 274.